The van der Waals surface area contributed by atoms with Crippen molar-refractivity contribution >= 4 is 5.91 Å². The second-order valence-corrected chi connectivity index (χ2v) is 8.46. The van der Waals surface area contributed by atoms with Gasteiger partial charge in [-0.3, -0.25) is 14.5 Å². The number of amides is 1. The summed E-state index contributed by atoms with van der Waals surface area (Å²) in [4.78, 5) is 30.2. The fourth-order valence-electron chi connectivity index (χ4n) is 4.17. The van der Waals surface area contributed by atoms with Gasteiger partial charge in [0.25, 0.3) is 11.5 Å². The van der Waals surface area contributed by atoms with Gasteiger partial charge in [-0.1, -0.05) is 61.5 Å². The molecule has 1 fully saturated rings. The number of nitrogens with zero attached hydrogens (tertiary/aromatic N) is 1. The van der Waals surface area contributed by atoms with E-state index >= 15 is 0 Å². The van der Waals surface area contributed by atoms with Gasteiger partial charge >= 0.3 is 0 Å². The summed E-state index contributed by atoms with van der Waals surface area (Å²) in [5.74, 6) is 0.403. The minimum absolute atomic E-state index is 0.121. The molecule has 1 aliphatic heterocycles. The second kappa shape index (κ2) is 9.75. The summed E-state index contributed by atoms with van der Waals surface area (Å²) in [6, 6.07) is 21.3. The molecule has 1 saturated heterocycles. The third kappa shape index (κ3) is 5.50. The van der Waals surface area contributed by atoms with E-state index in [9.17, 15) is 9.59 Å². The van der Waals surface area contributed by atoms with Crippen LogP contribution in [0.3, 0.4) is 0 Å². The van der Waals surface area contributed by atoms with Gasteiger partial charge in [0.05, 0.1) is 0 Å². The molecule has 3 aromatic rings. The van der Waals surface area contributed by atoms with Crippen molar-refractivity contribution in [2.45, 2.75) is 32.9 Å². The van der Waals surface area contributed by atoms with Crippen molar-refractivity contribution in [3.8, 4) is 11.3 Å². The quantitative estimate of drug-likeness (QED) is 0.634. The number of carbonyl (C=O) groups is 1. The Labute approximate surface area is 183 Å². The van der Waals surface area contributed by atoms with Crippen molar-refractivity contribution < 1.29 is 4.79 Å². The van der Waals surface area contributed by atoms with Crippen LogP contribution >= 0.6 is 0 Å². The van der Waals surface area contributed by atoms with E-state index in [0.717, 1.165) is 30.1 Å². The Morgan fingerprint density at radius 3 is 2.48 bits per heavy atom. The van der Waals surface area contributed by atoms with Gasteiger partial charge in [-0.25, -0.2) is 0 Å². The molecule has 1 aliphatic rings. The fraction of sp³-hybridized carbons (Fsp3) is 0.308. The van der Waals surface area contributed by atoms with Gasteiger partial charge in [0.2, 0.25) is 0 Å². The molecular weight excluding hydrogens is 386 g/mol. The van der Waals surface area contributed by atoms with E-state index in [4.69, 9.17) is 0 Å². The van der Waals surface area contributed by atoms with E-state index in [2.05, 4.69) is 34.3 Å². The van der Waals surface area contributed by atoms with Crippen molar-refractivity contribution in [3.63, 3.8) is 0 Å². The maximum absolute atomic E-state index is 12.5. The average molecular weight is 416 g/mol. The number of hydrogen-bond donors (Lipinski definition) is 2. The zero-order valence-corrected chi connectivity index (χ0v) is 17.9. The molecule has 160 valence electrons. The Kier molecular flexibility index (Phi) is 6.63. The van der Waals surface area contributed by atoms with E-state index in [1.165, 1.54) is 24.9 Å². The van der Waals surface area contributed by atoms with Gasteiger partial charge in [0.15, 0.2) is 0 Å². The fourth-order valence-corrected chi connectivity index (χ4v) is 4.17. The summed E-state index contributed by atoms with van der Waals surface area (Å²) < 4.78 is 0. The molecule has 2 N–H and O–H groups in total. The van der Waals surface area contributed by atoms with Crippen molar-refractivity contribution in [1.29, 1.82) is 0 Å². The molecule has 0 radical (unpaired) electrons. The number of aromatic amines is 1. The monoisotopic (exact) mass is 415 g/mol. The predicted molar refractivity (Wildman–Crippen MR) is 124 cm³/mol. The molecule has 5 nitrogen and oxygen atoms in total. The molecule has 4 rings (SSSR count). The molecule has 1 aromatic heterocycles. The third-order valence-corrected chi connectivity index (χ3v) is 5.86. The van der Waals surface area contributed by atoms with Gasteiger partial charge in [-0.15, -0.1) is 0 Å². The first kappa shape index (κ1) is 21.1. The number of piperidine rings is 1. The standard InChI is InChI=1S/C26H29N3O2/c1-19-6-5-15-29(17-19)18-21-11-9-20(10-12-21)16-27-25(30)23-13-14-24(28-26(23)31)22-7-3-2-4-8-22/h2-4,7-14,19H,5-6,15-18H2,1H3,(H,27,30)(H,28,31). The lowest BCUT2D eigenvalue weighted by molar-refractivity contribution is 0.0949. The van der Waals surface area contributed by atoms with Gasteiger partial charge in [0, 0.05) is 25.3 Å². The van der Waals surface area contributed by atoms with E-state index in [1.807, 2.05) is 42.5 Å². The Hall–Kier alpha value is -3.18. The molecule has 0 bridgehead atoms. The van der Waals surface area contributed by atoms with Crippen LogP contribution in [0.5, 0.6) is 0 Å². The van der Waals surface area contributed by atoms with E-state index in [-0.39, 0.29) is 17.0 Å². The Morgan fingerprint density at radius 2 is 1.77 bits per heavy atom. The molecule has 31 heavy (non-hydrogen) atoms. The first-order valence-electron chi connectivity index (χ1n) is 11.0. The van der Waals surface area contributed by atoms with Crippen LogP contribution in [0.2, 0.25) is 0 Å². The zero-order valence-electron chi connectivity index (χ0n) is 17.9. The molecule has 0 spiro atoms. The zero-order chi connectivity index (χ0) is 21.6. The third-order valence-electron chi connectivity index (χ3n) is 5.86. The smallest absolute Gasteiger partial charge is 0.261 e. The highest BCUT2D eigenvalue weighted by Gasteiger charge is 2.16. The first-order valence-corrected chi connectivity index (χ1v) is 11.0. The summed E-state index contributed by atoms with van der Waals surface area (Å²) >= 11 is 0. The van der Waals surface area contributed by atoms with E-state index < -0.39 is 0 Å². The maximum Gasteiger partial charge on any atom is 0.261 e. The molecule has 0 aliphatic carbocycles. The number of aromatic nitrogens is 1. The van der Waals surface area contributed by atoms with Crippen molar-refractivity contribution in [1.82, 2.24) is 15.2 Å². The Balaban J connectivity index is 1.34. The average Bonchev–Trinajstić information content (AvgIpc) is 2.79. The first-order chi connectivity index (χ1) is 15.1. The number of nitrogens with one attached hydrogen (secondary N) is 2. The summed E-state index contributed by atoms with van der Waals surface area (Å²) in [6.07, 6.45) is 2.60. The summed E-state index contributed by atoms with van der Waals surface area (Å²) in [5.41, 5.74) is 3.64. The van der Waals surface area contributed by atoms with E-state index in [0.29, 0.717) is 12.2 Å². The molecular formula is C26H29N3O2. The molecule has 0 saturated carbocycles. The van der Waals surface area contributed by atoms with Crippen molar-refractivity contribution in [3.05, 3.63) is 93.8 Å². The number of benzene rings is 2. The maximum atomic E-state index is 12.5. The van der Waals surface area contributed by atoms with Crippen LogP contribution in [0, 0.1) is 5.92 Å². The van der Waals surface area contributed by atoms with Crippen LogP contribution in [0.4, 0.5) is 0 Å². The normalized spacial score (nSPS) is 16.7. The van der Waals surface area contributed by atoms with Crippen molar-refractivity contribution in [2.75, 3.05) is 13.1 Å². The molecule has 5 heteroatoms. The van der Waals surface area contributed by atoms with Crippen LogP contribution in [-0.2, 0) is 13.1 Å². The summed E-state index contributed by atoms with van der Waals surface area (Å²) in [6.45, 7) is 6.01. The summed E-state index contributed by atoms with van der Waals surface area (Å²) in [7, 11) is 0. The molecule has 2 heterocycles. The van der Waals surface area contributed by atoms with Gasteiger partial charge in [0.1, 0.15) is 5.56 Å². The van der Waals surface area contributed by atoms with Gasteiger partial charge in [-0.2, -0.15) is 0 Å². The number of H-pyrrole nitrogens is 1. The molecule has 1 amide bonds. The topological polar surface area (TPSA) is 65.2 Å². The van der Waals surface area contributed by atoms with Crippen molar-refractivity contribution in [2.24, 2.45) is 5.92 Å². The molecule has 2 aromatic carbocycles. The van der Waals surface area contributed by atoms with Crippen LogP contribution in [0.25, 0.3) is 11.3 Å². The highest BCUT2D eigenvalue weighted by Crippen LogP contribution is 2.18. The highest BCUT2D eigenvalue weighted by atomic mass is 16.2. The lowest BCUT2D eigenvalue weighted by Crippen LogP contribution is -2.33. The lowest BCUT2D eigenvalue weighted by atomic mass is 9.99. The Bertz CT molecular complexity index is 1070. The highest BCUT2D eigenvalue weighted by molar-refractivity contribution is 5.94. The minimum Gasteiger partial charge on any atom is -0.348 e. The van der Waals surface area contributed by atoms with Crippen LogP contribution in [0.1, 0.15) is 41.3 Å². The molecule has 1 unspecified atom stereocenters. The summed E-state index contributed by atoms with van der Waals surface area (Å²) in [5, 5.41) is 2.85. The lowest BCUT2D eigenvalue weighted by Gasteiger charge is -2.30. The number of carbonyl (C=O) groups excluding carboxylic acids is 1. The number of hydrogen-bond acceptors (Lipinski definition) is 3. The number of rotatable bonds is 6. The Morgan fingerprint density at radius 1 is 1.03 bits per heavy atom. The van der Waals surface area contributed by atoms with Crippen LogP contribution < -0.4 is 10.9 Å². The SMILES string of the molecule is CC1CCCN(Cc2ccc(CNC(=O)c3ccc(-c4ccccc4)[nH]c3=O)cc2)C1. The number of likely N-dealkylation sites (tertiary alicyclic amines) is 1. The van der Waals surface area contributed by atoms with Crippen LogP contribution in [0.15, 0.2) is 71.5 Å². The van der Waals surface area contributed by atoms with Gasteiger partial charge < -0.3 is 10.3 Å². The second-order valence-electron chi connectivity index (χ2n) is 8.46. The van der Waals surface area contributed by atoms with Crippen LogP contribution in [-0.4, -0.2) is 28.9 Å². The van der Waals surface area contributed by atoms with E-state index in [1.54, 1.807) is 12.1 Å². The largest absolute Gasteiger partial charge is 0.348 e. The van der Waals surface area contributed by atoms with Gasteiger partial charge in [-0.05, 0) is 54.1 Å². The number of pyridine rings is 1. The minimum atomic E-state index is -0.384. The molecule has 1 atom stereocenters. The predicted octanol–water partition coefficient (Wildman–Crippen LogP) is 4.20.